The monoisotopic (exact) mass is 386 g/mol. The van der Waals surface area contributed by atoms with E-state index in [0.29, 0.717) is 5.56 Å². The number of nitrogens with two attached hydrogens (primary N) is 1. The van der Waals surface area contributed by atoms with Crippen molar-refractivity contribution in [2.45, 2.75) is 44.8 Å². The Morgan fingerprint density at radius 3 is 2.64 bits per heavy atom. The molecule has 4 rings (SSSR count). The molecule has 3 N–H and O–H groups in total. The summed E-state index contributed by atoms with van der Waals surface area (Å²) in [7, 11) is 1.73. The minimum absolute atomic E-state index is 0.0685. The van der Waals surface area contributed by atoms with Gasteiger partial charge >= 0.3 is 5.97 Å². The summed E-state index contributed by atoms with van der Waals surface area (Å²) in [5.74, 6) is -2.62. The van der Waals surface area contributed by atoms with Crippen LogP contribution >= 0.6 is 0 Å². The fourth-order valence-corrected chi connectivity index (χ4v) is 5.68. The number of fused-ring (bicyclic) bond motifs is 3. The molecule has 1 heterocycles. The standard InChI is InChI=1S/C21H26N2O5/c1-10(25)28-15-8-12-18(26)21(22,13(15)9-24)11-6-5-7-14-16(11)17(20(12,2)3)19(27)23(14)4/h5-7,12-13,15,17,24H,8-9,22H2,1-4H3/t12-,13-,15?,17?,21-/m0/s1. The van der Waals surface area contributed by atoms with Crippen LogP contribution in [0.1, 0.15) is 44.2 Å². The van der Waals surface area contributed by atoms with Crippen LogP contribution in [-0.2, 0) is 24.7 Å². The number of Topliss-reactive ketones (excluding diaryl/α,β-unsaturated/α-hetero) is 1. The van der Waals surface area contributed by atoms with Crippen LogP contribution in [0.2, 0.25) is 0 Å². The van der Waals surface area contributed by atoms with Crippen LogP contribution < -0.4 is 10.6 Å². The fourth-order valence-electron chi connectivity index (χ4n) is 5.68. The molecule has 1 aromatic carbocycles. The predicted octanol–water partition coefficient (Wildman–Crippen LogP) is 1.07. The van der Waals surface area contributed by atoms with E-state index in [0.717, 1.165) is 11.3 Å². The number of rotatable bonds is 2. The zero-order valence-electron chi connectivity index (χ0n) is 16.6. The highest BCUT2D eigenvalue weighted by molar-refractivity contribution is 6.08. The van der Waals surface area contributed by atoms with Crippen molar-refractivity contribution in [1.29, 1.82) is 0 Å². The van der Waals surface area contributed by atoms with E-state index in [4.69, 9.17) is 10.5 Å². The van der Waals surface area contributed by atoms with Gasteiger partial charge in [0.25, 0.3) is 0 Å². The maximum absolute atomic E-state index is 13.7. The summed E-state index contributed by atoms with van der Waals surface area (Å²) in [6, 6.07) is 5.40. The van der Waals surface area contributed by atoms with Crippen molar-refractivity contribution >= 4 is 23.3 Å². The van der Waals surface area contributed by atoms with Gasteiger partial charge in [-0.1, -0.05) is 26.0 Å². The summed E-state index contributed by atoms with van der Waals surface area (Å²) in [5, 5.41) is 10.2. The Bertz CT molecular complexity index is 895. The molecule has 1 aromatic rings. The average molecular weight is 386 g/mol. The van der Waals surface area contributed by atoms with Gasteiger partial charge in [0.2, 0.25) is 5.91 Å². The topological polar surface area (TPSA) is 110 Å². The van der Waals surface area contributed by atoms with E-state index in [9.17, 15) is 19.5 Å². The van der Waals surface area contributed by atoms with Gasteiger partial charge in [-0.25, -0.2) is 0 Å². The third-order valence-corrected chi connectivity index (χ3v) is 7.14. The van der Waals surface area contributed by atoms with Gasteiger partial charge in [0.05, 0.1) is 12.5 Å². The van der Waals surface area contributed by atoms with E-state index in [1.807, 2.05) is 19.9 Å². The Balaban J connectivity index is 2.04. The van der Waals surface area contributed by atoms with Crippen molar-refractivity contribution in [1.82, 2.24) is 0 Å². The van der Waals surface area contributed by atoms with Crippen molar-refractivity contribution in [2.24, 2.45) is 23.0 Å². The Hall–Kier alpha value is -2.25. The molecule has 3 aliphatic rings. The first-order valence-electron chi connectivity index (χ1n) is 9.59. The van der Waals surface area contributed by atoms with Crippen LogP contribution in [0, 0.1) is 17.3 Å². The zero-order chi connectivity index (χ0) is 20.6. The second-order valence-corrected chi connectivity index (χ2v) is 8.85. The first kappa shape index (κ1) is 19.1. The zero-order valence-corrected chi connectivity index (χ0v) is 16.6. The lowest BCUT2D eigenvalue weighted by atomic mass is 9.58. The number of hydrogen-bond donors (Lipinski definition) is 2. The molecular weight excluding hydrogens is 360 g/mol. The highest BCUT2D eigenvalue weighted by Crippen LogP contribution is 2.60. The van der Waals surface area contributed by atoms with Crippen LogP contribution in [0.15, 0.2) is 18.2 Å². The van der Waals surface area contributed by atoms with Crippen LogP contribution in [0.4, 0.5) is 5.69 Å². The number of ketones is 1. The quantitative estimate of drug-likeness (QED) is 0.736. The number of ether oxygens (including phenoxy) is 1. The van der Waals surface area contributed by atoms with E-state index in [1.54, 1.807) is 24.1 Å². The maximum Gasteiger partial charge on any atom is 0.302 e. The first-order valence-corrected chi connectivity index (χ1v) is 9.59. The normalized spacial score (nSPS) is 35.4. The van der Waals surface area contributed by atoms with Gasteiger partial charge < -0.3 is 20.5 Å². The van der Waals surface area contributed by atoms with Crippen molar-refractivity contribution in [3.63, 3.8) is 0 Å². The summed E-state index contributed by atoms with van der Waals surface area (Å²) in [4.78, 5) is 40.2. The van der Waals surface area contributed by atoms with Gasteiger partial charge in [-0.3, -0.25) is 14.4 Å². The second kappa shape index (κ2) is 5.87. The summed E-state index contributed by atoms with van der Waals surface area (Å²) < 4.78 is 5.51. The molecule has 1 fully saturated rings. The second-order valence-electron chi connectivity index (χ2n) is 8.85. The van der Waals surface area contributed by atoms with Gasteiger partial charge in [-0.15, -0.1) is 0 Å². The van der Waals surface area contributed by atoms with Gasteiger partial charge in [-0.05, 0) is 29.0 Å². The molecular formula is C21H26N2O5. The van der Waals surface area contributed by atoms with Crippen molar-refractivity contribution in [3.8, 4) is 0 Å². The third kappa shape index (κ3) is 2.14. The van der Waals surface area contributed by atoms with E-state index >= 15 is 0 Å². The number of amides is 1. The molecule has 1 amide bonds. The molecule has 2 aliphatic carbocycles. The van der Waals surface area contributed by atoms with Gasteiger partial charge in [0, 0.05) is 31.5 Å². The van der Waals surface area contributed by atoms with Gasteiger partial charge in [0.1, 0.15) is 11.6 Å². The predicted molar refractivity (Wildman–Crippen MR) is 101 cm³/mol. The van der Waals surface area contributed by atoms with E-state index < -0.39 is 47.4 Å². The number of carbonyl (C=O) groups excluding carboxylic acids is 3. The molecule has 0 radical (unpaired) electrons. The highest BCUT2D eigenvalue weighted by Gasteiger charge is 2.65. The van der Waals surface area contributed by atoms with Crippen molar-refractivity contribution in [3.05, 3.63) is 29.3 Å². The molecule has 0 aromatic heterocycles. The van der Waals surface area contributed by atoms with Crippen LogP contribution in [-0.4, -0.2) is 42.5 Å². The number of aliphatic hydroxyl groups is 1. The molecule has 2 bridgehead atoms. The number of likely N-dealkylation sites (N-methyl/N-ethyl adjacent to an activating group) is 1. The lowest BCUT2D eigenvalue weighted by Gasteiger charge is -2.48. The summed E-state index contributed by atoms with van der Waals surface area (Å²) in [6.45, 7) is 4.73. The fraction of sp³-hybridized carbons (Fsp3) is 0.571. The smallest absolute Gasteiger partial charge is 0.302 e. The number of esters is 1. The maximum atomic E-state index is 13.7. The lowest BCUT2D eigenvalue weighted by Crippen LogP contribution is -2.63. The molecule has 7 nitrogen and oxygen atoms in total. The lowest BCUT2D eigenvalue weighted by molar-refractivity contribution is -0.167. The average Bonchev–Trinajstić information content (AvgIpc) is 2.87. The molecule has 1 saturated carbocycles. The molecule has 5 atom stereocenters. The molecule has 28 heavy (non-hydrogen) atoms. The number of aliphatic hydroxyl groups excluding tert-OH is 1. The molecule has 1 aliphatic heterocycles. The highest BCUT2D eigenvalue weighted by atomic mass is 16.5. The summed E-state index contributed by atoms with van der Waals surface area (Å²) >= 11 is 0. The Morgan fingerprint density at radius 1 is 1.36 bits per heavy atom. The Morgan fingerprint density at radius 2 is 2.04 bits per heavy atom. The molecule has 2 unspecified atom stereocenters. The third-order valence-electron chi connectivity index (χ3n) is 7.14. The minimum Gasteiger partial charge on any atom is -0.462 e. The SMILES string of the molecule is CC(=O)OC1C[C@H]2C(=O)[C@](N)(c3cccc4c3C(C(=O)N4C)C2(C)C)[C@H]1CO. The van der Waals surface area contributed by atoms with E-state index in [2.05, 4.69) is 0 Å². The molecule has 7 heteroatoms. The summed E-state index contributed by atoms with van der Waals surface area (Å²) in [5.41, 5.74) is 6.64. The summed E-state index contributed by atoms with van der Waals surface area (Å²) in [6.07, 6.45) is -0.455. The number of anilines is 1. The molecule has 0 saturated heterocycles. The van der Waals surface area contributed by atoms with Gasteiger partial charge in [0.15, 0.2) is 5.78 Å². The van der Waals surface area contributed by atoms with Gasteiger partial charge in [-0.2, -0.15) is 0 Å². The first-order chi connectivity index (χ1) is 13.1. The molecule has 150 valence electrons. The van der Waals surface area contributed by atoms with Crippen molar-refractivity contribution < 1.29 is 24.2 Å². The van der Waals surface area contributed by atoms with E-state index in [1.165, 1.54) is 6.92 Å². The Kier molecular flexibility index (Phi) is 4.00. The Labute approximate surface area is 163 Å². The number of carbonyl (C=O) groups is 3. The number of benzene rings is 1. The van der Waals surface area contributed by atoms with Crippen LogP contribution in [0.3, 0.4) is 0 Å². The molecule has 0 spiro atoms. The number of hydrogen-bond acceptors (Lipinski definition) is 6. The number of nitrogens with zero attached hydrogens (tertiary/aromatic N) is 1. The van der Waals surface area contributed by atoms with Crippen molar-refractivity contribution in [2.75, 3.05) is 18.6 Å². The minimum atomic E-state index is -1.53. The van der Waals surface area contributed by atoms with E-state index in [-0.39, 0.29) is 18.1 Å². The van der Waals surface area contributed by atoms with Crippen LogP contribution in [0.5, 0.6) is 0 Å². The largest absolute Gasteiger partial charge is 0.462 e. The van der Waals surface area contributed by atoms with Crippen LogP contribution in [0.25, 0.3) is 0 Å².